The van der Waals surface area contributed by atoms with Gasteiger partial charge < -0.3 is 19.9 Å². The Morgan fingerprint density at radius 3 is 2.89 bits per heavy atom. The van der Waals surface area contributed by atoms with Crippen LogP contribution in [0.25, 0.3) is 11.3 Å². The maximum atomic E-state index is 14.0. The summed E-state index contributed by atoms with van der Waals surface area (Å²) in [6.07, 6.45) is 2.85. The van der Waals surface area contributed by atoms with E-state index in [1.165, 1.54) is 17.0 Å². The van der Waals surface area contributed by atoms with Crippen LogP contribution in [0.15, 0.2) is 24.4 Å². The van der Waals surface area contributed by atoms with Gasteiger partial charge in [0, 0.05) is 50.4 Å². The number of nitrogens with one attached hydrogen (secondary N) is 1. The van der Waals surface area contributed by atoms with Crippen molar-refractivity contribution in [2.45, 2.75) is 31.8 Å². The van der Waals surface area contributed by atoms with Crippen LogP contribution in [0, 0.1) is 11.6 Å². The number of aliphatic carboxylic acids is 1. The van der Waals surface area contributed by atoms with E-state index >= 15 is 0 Å². The maximum Gasteiger partial charge on any atom is 0.317 e. The number of nitrogens with zero attached hydrogens (tertiary/aromatic N) is 3. The van der Waals surface area contributed by atoms with E-state index in [1.807, 2.05) is 4.57 Å². The van der Waals surface area contributed by atoms with Crippen molar-refractivity contribution in [2.24, 2.45) is 0 Å². The summed E-state index contributed by atoms with van der Waals surface area (Å²) in [6, 6.07) is 2.89. The van der Waals surface area contributed by atoms with Gasteiger partial charge in [-0.3, -0.25) is 4.79 Å². The molecule has 9 heteroatoms. The van der Waals surface area contributed by atoms with E-state index in [0.29, 0.717) is 25.1 Å². The number of aryl methyl sites for hydroxylation is 1. The van der Waals surface area contributed by atoms with Gasteiger partial charge in [-0.25, -0.2) is 18.6 Å². The van der Waals surface area contributed by atoms with Crippen LogP contribution in [0.2, 0.25) is 0 Å². The normalized spacial score (nSPS) is 15.9. The van der Waals surface area contributed by atoms with Crippen LogP contribution in [0.3, 0.4) is 0 Å². The fourth-order valence-corrected chi connectivity index (χ4v) is 3.04. The van der Waals surface area contributed by atoms with E-state index in [2.05, 4.69) is 10.3 Å². The Hall–Kier alpha value is -2.97. The number of hydrogen-bond donors (Lipinski definition) is 2. The molecule has 1 aromatic carbocycles. The number of carboxylic acid groups (broad SMARTS) is 1. The highest BCUT2D eigenvalue weighted by atomic mass is 19.1. The predicted octanol–water partition coefficient (Wildman–Crippen LogP) is 2.26. The third kappa shape index (κ3) is 4.42. The largest absolute Gasteiger partial charge is 0.481 e. The zero-order chi connectivity index (χ0) is 19.6. The van der Waals surface area contributed by atoms with Gasteiger partial charge in [-0.15, -0.1) is 0 Å². The molecular formula is C18H20F2N4O3. The second-order valence-electron chi connectivity index (χ2n) is 6.57. The number of rotatable bonds is 5. The second kappa shape index (κ2) is 7.73. The minimum Gasteiger partial charge on any atom is -0.481 e. The Balaban J connectivity index is 1.65. The van der Waals surface area contributed by atoms with Crippen molar-refractivity contribution in [1.29, 1.82) is 0 Å². The summed E-state index contributed by atoms with van der Waals surface area (Å²) < 4.78 is 28.9. The molecule has 3 rings (SSSR count). The fraction of sp³-hybridized carbons (Fsp3) is 0.389. The smallest absolute Gasteiger partial charge is 0.317 e. The molecule has 1 atom stereocenters. The van der Waals surface area contributed by atoms with Crippen molar-refractivity contribution < 1.29 is 23.5 Å². The Morgan fingerprint density at radius 2 is 2.19 bits per heavy atom. The van der Waals surface area contributed by atoms with E-state index in [-0.39, 0.29) is 30.6 Å². The molecule has 0 saturated heterocycles. The Labute approximate surface area is 154 Å². The number of benzene rings is 1. The Bertz CT molecular complexity index is 868. The number of imidazole rings is 1. The number of fused-ring (bicyclic) bond motifs is 1. The first-order valence-electron chi connectivity index (χ1n) is 8.58. The predicted molar refractivity (Wildman–Crippen MR) is 93.1 cm³/mol. The molecule has 2 amide bonds. The molecule has 2 aromatic rings. The summed E-state index contributed by atoms with van der Waals surface area (Å²) in [7, 11) is 1.54. The van der Waals surface area contributed by atoms with E-state index in [4.69, 9.17) is 5.11 Å². The van der Waals surface area contributed by atoms with Gasteiger partial charge in [-0.1, -0.05) is 0 Å². The topological polar surface area (TPSA) is 87.5 Å². The van der Waals surface area contributed by atoms with Gasteiger partial charge in [0.05, 0.1) is 12.1 Å². The average molecular weight is 378 g/mol. The molecular weight excluding hydrogens is 358 g/mol. The first-order valence-corrected chi connectivity index (χ1v) is 8.58. The van der Waals surface area contributed by atoms with Gasteiger partial charge in [0.15, 0.2) is 0 Å². The van der Waals surface area contributed by atoms with Crippen molar-refractivity contribution in [1.82, 2.24) is 19.8 Å². The number of halogens is 2. The SMILES string of the molecule is CN(CCC(=O)O)C(=O)NC1CCc2nc(-c3ccc(F)cc3F)cn2C1. The number of amides is 2. The minimum absolute atomic E-state index is 0.118. The molecule has 0 fully saturated rings. The second-order valence-corrected chi connectivity index (χ2v) is 6.57. The minimum atomic E-state index is -0.962. The third-order valence-electron chi connectivity index (χ3n) is 4.54. The van der Waals surface area contributed by atoms with Gasteiger partial charge >= 0.3 is 12.0 Å². The lowest BCUT2D eigenvalue weighted by Crippen LogP contribution is -2.46. The van der Waals surface area contributed by atoms with Crippen LogP contribution >= 0.6 is 0 Å². The highest BCUT2D eigenvalue weighted by Crippen LogP contribution is 2.25. The maximum absolute atomic E-state index is 14.0. The average Bonchev–Trinajstić information content (AvgIpc) is 3.02. The quantitative estimate of drug-likeness (QED) is 0.836. The van der Waals surface area contributed by atoms with Crippen LogP contribution in [0.5, 0.6) is 0 Å². The van der Waals surface area contributed by atoms with Crippen molar-refractivity contribution in [3.8, 4) is 11.3 Å². The molecule has 0 bridgehead atoms. The van der Waals surface area contributed by atoms with Crippen molar-refractivity contribution >= 4 is 12.0 Å². The molecule has 1 aromatic heterocycles. The zero-order valence-corrected chi connectivity index (χ0v) is 14.8. The van der Waals surface area contributed by atoms with E-state index < -0.39 is 17.6 Å². The van der Waals surface area contributed by atoms with Crippen LogP contribution in [-0.4, -0.2) is 51.2 Å². The van der Waals surface area contributed by atoms with E-state index in [9.17, 15) is 18.4 Å². The van der Waals surface area contributed by atoms with Crippen LogP contribution in [-0.2, 0) is 17.8 Å². The van der Waals surface area contributed by atoms with Gasteiger partial charge in [0.2, 0.25) is 0 Å². The first kappa shape index (κ1) is 18.8. The lowest BCUT2D eigenvalue weighted by Gasteiger charge is -2.27. The number of carbonyl (C=O) groups is 2. The zero-order valence-electron chi connectivity index (χ0n) is 14.8. The van der Waals surface area contributed by atoms with E-state index in [0.717, 1.165) is 11.9 Å². The summed E-state index contributed by atoms with van der Waals surface area (Å²) >= 11 is 0. The number of carbonyl (C=O) groups excluding carboxylic acids is 1. The molecule has 0 radical (unpaired) electrons. The lowest BCUT2D eigenvalue weighted by molar-refractivity contribution is -0.137. The molecule has 27 heavy (non-hydrogen) atoms. The molecule has 1 unspecified atom stereocenters. The van der Waals surface area contributed by atoms with Crippen molar-refractivity contribution in [3.05, 3.63) is 41.9 Å². The lowest BCUT2D eigenvalue weighted by atomic mass is 10.1. The molecule has 7 nitrogen and oxygen atoms in total. The van der Waals surface area contributed by atoms with Crippen LogP contribution in [0.1, 0.15) is 18.7 Å². The van der Waals surface area contributed by atoms with Crippen molar-refractivity contribution in [3.63, 3.8) is 0 Å². The van der Waals surface area contributed by atoms with Gasteiger partial charge in [-0.05, 0) is 18.6 Å². The van der Waals surface area contributed by atoms with Crippen LogP contribution in [0.4, 0.5) is 13.6 Å². The number of urea groups is 1. The summed E-state index contributed by atoms with van der Waals surface area (Å²) in [5.74, 6) is -1.50. The third-order valence-corrected chi connectivity index (χ3v) is 4.54. The molecule has 1 aliphatic rings. The number of aromatic nitrogens is 2. The van der Waals surface area contributed by atoms with Crippen LogP contribution < -0.4 is 5.32 Å². The summed E-state index contributed by atoms with van der Waals surface area (Å²) in [4.78, 5) is 28.5. The highest BCUT2D eigenvalue weighted by Gasteiger charge is 2.24. The number of carboxylic acids is 1. The van der Waals surface area contributed by atoms with Gasteiger partial charge in [0.1, 0.15) is 17.5 Å². The Kier molecular flexibility index (Phi) is 5.38. The van der Waals surface area contributed by atoms with Crippen molar-refractivity contribution in [2.75, 3.05) is 13.6 Å². The summed E-state index contributed by atoms with van der Waals surface area (Å²) in [5, 5.41) is 11.6. The molecule has 144 valence electrons. The van der Waals surface area contributed by atoms with Gasteiger partial charge in [0.25, 0.3) is 0 Å². The molecule has 2 N–H and O–H groups in total. The Morgan fingerprint density at radius 1 is 1.41 bits per heavy atom. The molecule has 2 heterocycles. The highest BCUT2D eigenvalue weighted by molar-refractivity contribution is 5.75. The number of hydrogen-bond acceptors (Lipinski definition) is 3. The molecule has 1 aliphatic heterocycles. The summed E-state index contributed by atoms with van der Waals surface area (Å²) in [5.41, 5.74) is 0.653. The van der Waals surface area contributed by atoms with E-state index in [1.54, 1.807) is 13.2 Å². The molecule has 0 saturated carbocycles. The first-order chi connectivity index (χ1) is 12.8. The monoisotopic (exact) mass is 378 g/mol. The standard InChI is InChI=1S/C18H20F2N4O3/c1-23(7-6-17(25)26)18(27)21-12-3-5-16-22-15(10-24(16)9-12)13-4-2-11(19)8-14(13)20/h2,4,8,10,12H,3,5-7,9H2,1H3,(H,21,27)(H,25,26). The fourth-order valence-electron chi connectivity index (χ4n) is 3.04. The molecule has 0 spiro atoms. The summed E-state index contributed by atoms with van der Waals surface area (Å²) in [6.45, 7) is 0.599. The van der Waals surface area contributed by atoms with Gasteiger partial charge in [-0.2, -0.15) is 0 Å². The molecule has 0 aliphatic carbocycles.